The molecule has 108 valence electrons. The topological polar surface area (TPSA) is 29.5 Å². The van der Waals surface area contributed by atoms with Crippen LogP contribution in [0.15, 0.2) is 36.6 Å². The molecule has 1 aromatic carbocycles. The summed E-state index contributed by atoms with van der Waals surface area (Å²) in [5.74, 6) is 1.34. The average molecular weight is 272 g/mol. The van der Waals surface area contributed by atoms with Crippen LogP contribution in [-0.4, -0.2) is 5.11 Å². The molecule has 1 N–H and O–H groups in total. The molecular weight excluding hydrogens is 248 g/mol. The summed E-state index contributed by atoms with van der Waals surface area (Å²) in [5, 5.41) is 10.4. The van der Waals surface area contributed by atoms with Crippen molar-refractivity contribution in [2.75, 3.05) is 0 Å². The maximum atomic E-state index is 10.4. The van der Waals surface area contributed by atoms with E-state index in [0.717, 1.165) is 49.0 Å². The lowest BCUT2D eigenvalue weighted by Crippen LogP contribution is -2.05. The van der Waals surface area contributed by atoms with Crippen LogP contribution in [-0.2, 0) is 6.42 Å². The van der Waals surface area contributed by atoms with E-state index in [-0.39, 0.29) is 5.92 Å². The molecule has 0 spiro atoms. The van der Waals surface area contributed by atoms with E-state index in [9.17, 15) is 5.11 Å². The molecule has 2 nitrogen and oxygen atoms in total. The smallest absolute Gasteiger partial charge is 0.134 e. The summed E-state index contributed by atoms with van der Waals surface area (Å²) in [6.07, 6.45) is 9.07. The van der Waals surface area contributed by atoms with E-state index in [0.29, 0.717) is 5.75 Å². The lowest BCUT2D eigenvalue weighted by molar-refractivity contribution is 0.432. The second-order valence-corrected chi connectivity index (χ2v) is 5.57. The molecule has 0 saturated heterocycles. The van der Waals surface area contributed by atoms with E-state index in [1.54, 1.807) is 0 Å². The van der Waals surface area contributed by atoms with Gasteiger partial charge in [0, 0.05) is 11.5 Å². The monoisotopic (exact) mass is 272 g/mol. The standard InChI is InChI=1S/C18H24O2/c1-4-7-14-11-16(19)18(17(12-14)20-5-2)15-9-6-8-13(3)10-15/h5,10-12,15,19H,2,4,6-9H2,1,3H3/t15-/m0/s1. The highest BCUT2D eigenvalue weighted by Crippen LogP contribution is 2.42. The van der Waals surface area contributed by atoms with Crippen LogP contribution in [0.5, 0.6) is 11.5 Å². The Labute approximate surface area is 121 Å². The SMILES string of the molecule is C=COc1cc(CCC)cc(O)c1[C@@H]1C=C(C)CCC1. The first-order chi connectivity index (χ1) is 9.65. The third-order valence-corrected chi connectivity index (χ3v) is 3.87. The van der Waals surface area contributed by atoms with Gasteiger partial charge < -0.3 is 9.84 Å². The molecule has 2 rings (SSSR count). The number of aryl methyl sites for hydroxylation is 1. The molecule has 2 heteroatoms. The van der Waals surface area contributed by atoms with E-state index in [4.69, 9.17) is 4.74 Å². The molecule has 0 fully saturated rings. The van der Waals surface area contributed by atoms with Crippen molar-refractivity contribution in [2.45, 2.75) is 51.9 Å². The van der Waals surface area contributed by atoms with Crippen molar-refractivity contribution in [3.63, 3.8) is 0 Å². The number of rotatable bonds is 5. The maximum Gasteiger partial charge on any atom is 0.134 e. The van der Waals surface area contributed by atoms with Crippen molar-refractivity contribution in [1.82, 2.24) is 0 Å². The minimum absolute atomic E-state index is 0.245. The van der Waals surface area contributed by atoms with Crippen molar-refractivity contribution in [3.8, 4) is 11.5 Å². The number of aromatic hydroxyl groups is 1. The summed E-state index contributed by atoms with van der Waals surface area (Å²) < 4.78 is 5.57. The lowest BCUT2D eigenvalue weighted by Gasteiger charge is -2.23. The summed E-state index contributed by atoms with van der Waals surface area (Å²) in [5.41, 5.74) is 3.41. The number of allylic oxidation sites excluding steroid dienone is 2. The van der Waals surface area contributed by atoms with Crippen LogP contribution in [0.1, 0.15) is 56.6 Å². The van der Waals surface area contributed by atoms with E-state index in [2.05, 4.69) is 26.5 Å². The number of benzene rings is 1. The zero-order chi connectivity index (χ0) is 14.5. The molecule has 0 heterocycles. The molecule has 1 aliphatic carbocycles. The van der Waals surface area contributed by atoms with Gasteiger partial charge in [-0.25, -0.2) is 0 Å². The number of ether oxygens (including phenoxy) is 1. The van der Waals surface area contributed by atoms with Gasteiger partial charge in [0.15, 0.2) is 0 Å². The van der Waals surface area contributed by atoms with Crippen molar-refractivity contribution < 1.29 is 9.84 Å². The van der Waals surface area contributed by atoms with Gasteiger partial charge in [-0.1, -0.05) is 31.6 Å². The van der Waals surface area contributed by atoms with Crippen LogP contribution < -0.4 is 4.74 Å². The molecule has 0 unspecified atom stereocenters. The predicted octanol–water partition coefficient (Wildman–Crippen LogP) is 5.08. The summed E-state index contributed by atoms with van der Waals surface area (Å²) >= 11 is 0. The number of phenolic OH excluding ortho intramolecular Hbond substituents is 1. The summed E-state index contributed by atoms with van der Waals surface area (Å²) in [7, 11) is 0. The van der Waals surface area contributed by atoms with Crippen LogP contribution in [0.4, 0.5) is 0 Å². The Morgan fingerprint density at radius 3 is 2.90 bits per heavy atom. The van der Waals surface area contributed by atoms with Gasteiger partial charge in [-0.05, 0) is 50.3 Å². The van der Waals surface area contributed by atoms with Crippen molar-refractivity contribution in [2.24, 2.45) is 0 Å². The van der Waals surface area contributed by atoms with Gasteiger partial charge in [0.05, 0.1) is 6.26 Å². The summed E-state index contributed by atoms with van der Waals surface area (Å²) in [6, 6.07) is 3.92. The Morgan fingerprint density at radius 2 is 2.25 bits per heavy atom. The second-order valence-electron chi connectivity index (χ2n) is 5.57. The Morgan fingerprint density at radius 1 is 1.45 bits per heavy atom. The van der Waals surface area contributed by atoms with Crippen LogP contribution in [0.3, 0.4) is 0 Å². The van der Waals surface area contributed by atoms with Gasteiger partial charge in [-0.3, -0.25) is 0 Å². The zero-order valence-corrected chi connectivity index (χ0v) is 12.5. The lowest BCUT2D eigenvalue weighted by atomic mass is 9.84. The third-order valence-electron chi connectivity index (χ3n) is 3.87. The fourth-order valence-corrected chi connectivity index (χ4v) is 3.00. The summed E-state index contributed by atoms with van der Waals surface area (Å²) in [6.45, 7) is 7.93. The van der Waals surface area contributed by atoms with E-state index in [1.807, 2.05) is 12.1 Å². The molecule has 0 bridgehead atoms. The van der Waals surface area contributed by atoms with E-state index < -0.39 is 0 Å². The second kappa shape index (κ2) is 6.65. The quantitative estimate of drug-likeness (QED) is 0.598. The Hall–Kier alpha value is -1.70. The highest BCUT2D eigenvalue weighted by atomic mass is 16.5. The first kappa shape index (κ1) is 14.7. The maximum absolute atomic E-state index is 10.4. The molecule has 0 aromatic heterocycles. The highest BCUT2D eigenvalue weighted by molar-refractivity contribution is 5.51. The van der Waals surface area contributed by atoms with Crippen LogP contribution >= 0.6 is 0 Å². The van der Waals surface area contributed by atoms with Crippen LogP contribution in [0, 0.1) is 0 Å². The van der Waals surface area contributed by atoms with Crippen molar-refractivity contribution in [3.05, 3.63) is 47.7 Å². The fraction of sp³-hybridized carbons (Fsp3) is 0.444. The molecule has 0 saturated carbocycles. The molecule has 1 atom stereocenters. The van der Waals surface area contributed by atoms with Crippen LogP contribution in [0.25, 0.3) is 0 Å². The number of hydrogen-bond acceptors (Lipinski definition) is 2. The molecule has 0 radical (unpaired) electrons. The van der Waals surface area contributed by atoms with Crippen molar-refractivity contribution in [1.29, 1.82) is 0 Å². The first-order valence-electron chi connectivity index (χ1n) is 7.46. The van der Waals surface area contributed by atoms with Gasteiger partial charge in [0.1, 0.15) is 11.5 Å². The van der Waals surface area contributed by atoms with Gasteiger partial charge >= 0.3 is 0 Å². The molecule has 1 aromatic rings. The minimum atomic E-state index is 0.245. The van der Waals surface area contributed by atoms with E-state index in [1.165, 1.54) is 11.8 Å². The first-order valence-corrected chi connectivity index (χ1v) is 7.46. The molecule has 0 aliphatic heterocycles. The molecule has 0 amide bonds. The molecule has 1 aliphatic rings. The molecular formula is C18H24O2. The minimum Gasteiger partial charge on any atom is -0.507 e. The highest BCUT2D eigenvalue weighted by Gasteiger charge is 2.22. The number of hydrogen-bond donors (Lipinski definition) is 1. The molecule has 20 heavy (non-hydrogen) atoms. The predicted molar refractivity (Wildman–Crippen MR) is 83.3 cm³/mol. The Kier molecular flexibility index (Phi) is 4.89. The summed E-state index contributed by atoms with van der Waals surface area (Å²) in [4.78, 5) is 0. The largest absolute Gasteiger partial charge is 0.507 e. The third kappa shape index (κ3) is 3.24. The average Bonchev–Trinajstić information content (AvgIpc) is 2.39. The Bertz CT molecular complexity index is 514. The van der Waals surface area contributed by atoms with E-state index >= 15 is 0 Å². The zero-order valence-electron chi connectivity index (χ0n) is 12.5. The normalized spacial score (nSPS) is 18.5. The van der Waals surface area contributed by atoms with Gasteiger partial charge in [0.25, 0.3) is 0 Å². The van der Waals surface area contributed by atoms with Crippen LogP contribution in [0.2, 0.25) is 0 Å². The fourth-order valence-electron chi connectivity index (χ4n) is 3.00. The Balaban J connectivity index is 2.44. The van der Waals surface area contributed by atoms with Gasteiger partial charge in [-0.15, -0.1) is 0 Å². The number of phenols is 1. The van der Waals surface area contributed by atoms with Gasteiger partial charge in [-0.2, -0.15) is 0 Å². The van der Waals surface area contributed by atoms with Crippen molar-refractivity contribution >= 4 is 0 Å². The van der Waals surface area contributed by atoms with Gasteiger partial charge in [0.2, 0.25) is 0 Å².